The summed E-state index contributed by atoms with van der Waals surface area (Å²) in [4.78, 5) is 23.6. The van der Waals surface area contributed by atoms with Gasteiger partial charge in [0.05, 0.1) is 6.61 Å². The molecule has 0 N–H and O–H groups in total. The average Bonchev–Trinajstić information content (AvgIpc) is 2.72. The van der Waals surface area contributed by atoms with E-state index in [0.717, 1.165) is 32.1 Å². The lowest BCUT2D eigenvalue weighted by atomic mass is 9.88. The molecule has 0 bridgehead atoms. The summed E-state index contributed by atoms with van der Waals surface area (Å²) in [6, 6.07) is 0. The smallest absolute Gasteiger partial charge is 0.306 e. The first-order chi connectivity index (χ1) is 9.19. The summed E-state index contributed by atoms with van der Waals surface area (Å²) in [7, 11) is 0. The second kappa shape index (κ2) is 9.11. The number of esters is 1. The summed E-state index contributed by atoms with van der Waals surface area (Å²) in [6.07, 6.45) is 8.34. The number of ketones is 1. The zero-order valence-electron chi connectivity index (χ0n) is 12.5. The van der Waals surface area contributed by atoms with E-state index < -0.39 is 0 Å². The number of unbranched alkanes of at least 4 members (excludes halogenated alkanes) is 3. The molecule has 0 radical (unpaired) electrons. The van der Waals surface area contributed by atoms with Crippen molar-refractivity contribution in [2.75, 3.05) is 6.61 Å². The summed E-state index contributed by atoms with van der Waals surface area (Å²) in [6.45, 7) is 4.77. The first kappa shape index (κ1) is 16.2. The van der Waals surface area contributed by atoms with Gasteiger partial charge in [-0.15, -0.1) is 0 Å². The fourth-order valence-corrected chi connectivity index (χ4v) is 2.84. The first-order valence-corrected chi connectivity index (χ1v) is 7.87. The Morgan fingerprint density at radius 3 is 2.63 bits per heavy atom. The van der Waals surface area contributed by atoms with Crippen molar-refractivity contribution >= 4 is 11.8 Å². The van der Waals surface area contributed by atoms with E-state index in [2.05, 4.69) is 13.8 Å². The molecule has 2 atom stereocenters. The van der Waals surface area contributed by atoms with Crippen LogP contribution in [-0.4, -0.2) is 18.4 Å². The molecule has 1 aliphatic rings. The SMILES string of the molecule is CCCCCC1C(=O)CCC1CC(=O)OCCCC. The van der Waals surface area contributed by atoms with Crippen LogP contribution in [0.4, 0.5) is 0 Å². The third-order valence-corrected chi connectivity index (χ3v) is 4.05. The predicted octanol–water partition coefficient (Wildman–Crippen LogP) is 3.90. The molecule has 110 valence electrons. The van der Waals surface area contributed by atoms with Crippen LogP contribution in [0.1, 0.15) is 71.6 Å². The van der Waals surface area contributed by atoms with Crippen LogP contribution < -0.4 is 0 Å². The van der Waals surface area contributed by atoms with Crippen molar-refractivity contribution in [3.63, 3.8) is 0 Å². The van der Waals surface area contributed by atoms with Gasteiger partial charge >= 0.3 is 5.97 Å². The number of carbonyl (C=O) groups is 2. The van der Waals surface area contributed by atoms with E-state index in [-0.39, 0.29) is 17.8 Å². The van der Waals surface area contributed by atoms with E-state index in [9.17, 15) is 9.59 Å². The molecule has 0 spiro atoms. The normalized spacial score (nSPS) is 22.7. The Balaban J connectivity index is 2.33. The molecule has 19 heavy (non-hydrogen) atoms. The molecular weight excluding hydrogens is 240 g/mol. The molecule has 0 aromatic heterocycles. The zero-order chi connectivity index (χ0) is 14.1. The number of ether oxygens (including phenoxy) is 1. The topological polar surface area (TPSA) is 43.4 Å². The minimum atomic E-state index is -0.117. The molecule has 1 rings (SSSR count). The summed E-state index contributed by atoms with van der Waals surface area (Å²) in [5.74, 6) is 0.597. The summed E-state index contributed by atoms with van der Waals surface area (Å²) >= 11 is 0. The van der Waals surface area contributed by atoms with Crippen molar-refractivity contribution in [3.05, 3.63) is 0 Å². The Kier molecular flexibility index (Phi) is 7.76. The average molecular weight is 268 g/mol. The monoisotopic (exact) mass is 268 g/mol. The Bertz CT molecular complexity index is 286. The quantitative estimate of drug-likeness (QED) is 0.470. The molecule has 1 fully saturated rings. The number of hydrogen-bond acceptors (Lipinski definition) is 3. The number of hydrogen-bond donors (Lipinski definition) is 0. The maximum Gasteiger partial charge on any atom is 0.306 e. The van der Waals surface area contributed by atoms with Crippen molar-refractivity contribution in [1.82, 2.24) is 0 Å². The van der Waals surface area contributed by atoms with Gasteiger partial charge in [-0.25, -0.2) is 0 Å². The van der Waals surface area contributed by atoms with Crippen molar-refractivity contribution in [1.29, 1.82) is 0 Å². The Labute approximate surface area is 117 Å². The molecule has 3 heteroatoms. The van der Waals surface area contributed by atoms with E-state index in [0.29, 0.717) is 25.2 Å². The van der Waals surface area contributed by atoms with Gasteiger partial charge in [0.1, 0.15) is 5.78 Å². The third-order valence-electron chi connectivity index (χ3n) is 4.05. The fraction of sp³-hybridized carbons (Fsp3) is 0.875. The van der Waals surface area contributed by atoms with Crippen LogP contribution in [0.15, 0.2) is 0 Å². The van der Waals surface area contributed by atoms with Crippen LogP contribution >= 0.6 is 0 Å². The highest BCUT2D eigenvalue weighted by Gasteiger charge is 2.35. The highest BCUT2D eigenvalue weighted by Crippen LogP contribution is 2.35. The lowest BCUT2D eigenvalue weighted by molar-refractivity contribution is -0.145. The van der Waals surface area contributed by atoms with Crippen molar-refractivity contribution in [2.24, 2.45) is 11.8 Å². The van der Waals surface area contributed by atoms with Crippen LogP contribution in [0, 0.1) is 11.8 Å². The Hall–Kier alpha value is -0.860. The second-order valence-corrected chi connectivity index (χ2v) is 5.65. The van der Waals surface area contributed by atoms with Crippen molar-refractivity contribution < 1.29 is 14.3 Å². The highest BCUT2D eigenvalue weighted by atomic mass is 16.5. The van der Waals surface area contributed by atoms with Gasteiger partial charge in [-0.2, -0.15) is 0 Å². The maximum absolute atomic E-state index is 11.9. The van der Waals surface area contributed by atoms with Crippen molar-refractivity contribution in [2.45, 2.75) is 71.6 Å². The van der Waals surface area contributed by atoms with E-state index in [1.54, 1.807) is 0 Å². The van der Waals surface area contributed by atoms with Crippen LogP contribution in [0.3, 0.4) is 0 Å². The third kappa shape index (κ3) is 5.75. The Morgan fingerprint density at radius 2 is 1.95 bits per heavy atom. The molecule has 1 aliphatic carbocycles. The predicted molar refractivity (Wildman–Crippen MR) is 75.8 cm³/mol. The van der Waals surface area contributed by atoms with Crippen LogP contribution in [0.2, 0.25) is 0 Å². The lowest BCUT2D eigenvalue weighted by Gasteiger charge is -2.17. The molecule has 3 nitrogen and oxygen atoms in total. The lowest BCUT2D eigenvalue weighted by Crippen LogP contribution is -2.19. The molecule has 0 saturated heterocycles. The van der Waals surface area contributed by atoms with Gasteiger partial charge in [-0.3, -0.25) is 9.59 Å². The summed E-state index contributed by atoms with van der Waals surface area (Å²) in [5, 5.41) is 0. The molecule has 0 aromatic rings. The molecule has 0 heterocycles. The van der Waals surface area contributed by atoms with Crippen LogP contribution in [-0.2, 0) is 14.3 Å². The summed E-state index contributed by atoms with van der Waals surface area (Å²) in [5.41, 5.74) is 0. The minimum Gasteiger partial charge on any atom is -0.466 e. The van der Waals surface area contributed by atoms with Crippen LogP contribution in [0.5, 0.6) is 0 Å². The largest absolute Gasteiger partial charge is 0.466 e. The maximum atomic E-state index is 11.9. The standard InChI is InChI=1S/C16H28O3/c1-3-5-7-8-14-13(9-10-15(14)17)12-16(18)19-11-6-4-2/h13-14H,3-12H2,1-2H3. The van der Waals surface area contributed by atoms with Gasteiger partial charge in [0.25, 0.3) is 0 Å². The highest BCUT2D eigenvalue weighted by molar-refractivity contribution is 5.84. The number of Topliss-reactive ketones (excluding diaryl/α,β-unsaturated/α-hetero) is 1. The fourth-order valence-electron chi connectivity index (χ4n) is 2.84. The van der Waals surface area contributed by atoms with E-state index in [4.69, 9.17) is 4.74 Å². The van der Waals surface area contributed by atoms with Gasteiger partial charge in [-0.05, 0) is 25.2 Å². The van der Waals surface area contributed by atoms with E-state index in [1.807, 2.05) is 0 Å². The number of rotatable bonds is 9. The molecule has 2 unspecified atom stereocenters. The molecular formula is C16H28O3. The Morgan fingerprint density at radius 1 is 1.21 bits per heavy atom. The van der Waals surface area contributed by atoms with Gasteiger partial charge < -0.3 is 4.74 Å². The molecule has 0 amide bonds. The van der Waals surface area contributed by atoms with E-state index >= 15 is 0 Å². The van der Waals surface area contributed by atoms with Gasteiger partial charge in [0.15, 0.2) is 0 Å². The zero-order valence-corrected chi connectivity index (χ0v) is 12.5. The van der Waals surface area contributed by atoms with Gasteiger partial charge in [-0.1, -0.05) is 39.5 Å². The number of carbonyl (C=O) groups excluding carboxylic acids is 2. The van der Waals surface area contributed by atoms with Crippen molar-refractivity contribution in [3.8, 4) is 0 Å². The van der Waals surface area contributed by atoms with E-state index in [1.165, 1.54) is 12.8 Å². The first-order valence-electron chi connectivity index (χ1n) is 7.87. The molecule has 1 saturated carbocycles. The molecule has 0 aromatic carbocycles. The second-order valence-electron chi connectivity index (χ2n) is 5.65. The minimum absolute atomic E-state index is 0.116. The summed E-state index contributed by atoms with van der Waals surface area (Å²) < 4.78 is 5.20. The molecule has 0 aliphatic heterocycles. The van der Waals surface area contributed by atoms with Gasteiger partial charge in [0, 0.05) is 18.8 Å². The van der Waals surface area contributed by atoms with Crippen LogP contribution in [0.25, 0.3) is 0 Å². The van der Waals surface area contributed by atoms with Gasteiger partial charge in [0.2, 0.25) is 0 Å².